The Labute approximate surface area is 121 Å². The van der Waals surface area contributed by atoms with E-state index in [0.29, 0.717) is 18.5 Å². The molecule has 0 atom stereocenters. The van der Waals surface area contributed by atoms with Crippen LogP contribution in [0.4, 0.5) is 11.4 Å². The lowest BCUT2D eigenvalue weighted by atomic mass is 9.92. The fraction of sp³-hybridized carbons (Fsp3) is 0.188. The average Bonchev–Trinajstić information content (AvgIpc) is 2.86. The van der Waals surface area contributed by atoms with E-state index in [-0.39, 0.29) is 18.2 Å². The van der Waals surface area contributed by atoms with E-state index in [2.05, 4.69) is 4.98 Å². The molecule has 0 saturated carbocycles. The summed E-state index contributed by atoms with van der Waals surface area (Å²) in [6, 6.07) is 5.79. The predicted molar refractivity (Wildman–Crippen MR) is 78.6 cm³/mol. The van der Waals surface area contributed by atoms with Crippen LogP contribution < -0.4 is 10.6 Å². The second-order valence-corrected chi connectivity index (χ2v) is 5.37. The molecule has 2 aliphatic rings. The van der Waals surface area contributed by atoms with E-state index in [1.807, 2.05) is 18.2 Å². The Morgan fingerprint density at radius 2 is 2.05 bits per heavy atom. The molecule has 2 aliphatic heterocycles. The van der Waals surface area contributed by atoms with E-state index in [1.165, 1.54) is 4.90 Å². The number of anilines is 2. The topological polar surface area (TPSA) is 76.3 Å². The highest BCUT2D eigenvalue weighted by Gasteiger charge is 2.39. The van der Waals surface area contributed by atoms with Crippen LogP contribution in [0.3, 0.4) is 0 Å². The molecular weight excluding hydrogens is 266 g/mol. The molecule has 0 aliphatic carbocycles. The van der Waals surface area contributed by atoms with Gasteiger partial charge in [-0.3, -0.25) is 14.6 Å². The van der Waals surface area contributed by atoms with Gasteiger partial charge in [-0.2, -0.15) is 0 Å². The lowest BCUT2D eigenvalue weighted by Crippen LogP contribution is -2.36. The normalized spacial score (nSPS) is 16.3. The number of aryl methyl sites for hydroxylation is 1. The monoisotopic (exact) mass is 279 g/mol. The van der Waals surface area contributed by atoms with Crippen molar-refractivity contribution in [2.45, 2.75) is 19.3 Å². The van der Waals surface area contributed by atoms with E-state index in [9.17, 15) is 9.59 Å². The van der Waals surface area contributed by atoms with Gasteiger partial charge in [-0.1, -0.05) is 6.07 Å². The van der Waals surface area contributed by atoms with Gasteiger partial charge < -0.3 is 5.73 Å². The van der Waals surface area contributed by atoms with E-state index < -0.39 is 0 Å². The van der Waals surface area contributed by atoms with Gasteiger partial charge in [0, 0.05) is 41.2 Å². The molecule has 5 nitrogen and oxygen atoms in total. The van der Waals surface area contributed by atoms with Crippen LogP contribution in [0, 0.1) is 0 Å². The second kappa shape index (κ2) is 4.15. The quantitative estimate of drug-likeness (QED) is 0.636. The van der Waals surface area contributed by atoms with Crippen molar-refractivity contribution < 1.29 is 9.59 Å². The summed E-state index contributed by atoms with van der Waals surface area (Å²) >= 11 is 0. The van der Waals surface area contributed by atoms with Gasteiger partial charge in [0.25, 0.3) is 0 Å². The molecule has 21 heavy (non-hydrogen) atoms. The van der Waals surface area contributed by atoms with Crippen molar-refractivity contribution in [1.82, 2.24) is 4.98 Å². The molecule has 104 valence electrons. The first-order valence-electron chi connectivity index (χ1n) is 6.87. The number of hydrogen-bond donors (Lipinski definition) is 1. The van der Waals surface area contributed by atoms with Crippen molar-refractivity contribution in [3.05, 3.63) is 41.7 Å². The fourth-order valence-corrected chi connectivity index (χ4v) is 3.19. The summed E-state index contributed by atoms with van der Waals surface area (Å²) in [5.41, 5.74) is 11.2. The zero-order chi connectivity index (χ0) is 14.6. The molecule has 0 bridgehead atoms. The molecule has 1 aromatic carbocycles. The van der Waals surface area contributed by atoms with Crippen LogP contribution in [-0.4, -0.2) is 16.8 Å². The summed E-state index contributed by atoms with van der Waals surface area (Å²) in [4.78, 5) is 29.5. The molecule has 0 fully saturated rings. The molecule has 0 radical (unpaired) electrons. The summed E-state index contributed by atoms with van der Waals surface area (Å²) in [5.74, 6) is -0.300. The number of amides is 2. The maximum atomic E-state index is 12.1. The van der Waals surface area contributed by atoms with Gasteiger partial charge in [-0.15, -0.1) is 0 Å². The number of carbonyl (C=O) groups excluding carboxylic acids is 2. The highest BCUT2D eigenvalue weighted by molar-refractivity contribution is 6.22. The third-order valence-corrected chi connectivity index (χ3v) is 4.16. The van der Waals surface area contributed by atoms with Crippen LogP contribution >= 0.6 is 0 Å². The lowest BCUT2D eigenvalue weighted by Gasteiger charge is -2.25. The minimum atomic E-state index is -0.175. The SMILES string of the molecule is Nc1c(-c2cccnc2)cc2c3c1CC(=O)N3C(=O)CC2. The molecule has 2 N–H and O–H groups in total. The highest BCUT2D eigenvalue weighted by atomic mass is 16.2. The van der Waals surface area contributed by atoms with Gasteiger partial charge >= 0.3 is 0 Å². The van der Waals surface area contributed by atoms with Crippen LogP contribution in [0.5, 0.6) is 0 Å². The molecule has 3 heterocycles. The number of imide groups is 1. The molecule has 2 amide bonds. The summed E-state index contributed by atoms with van der Waals surface area (Å²) < 4.78 is 0. The number of aromatic nitrogens is 1. The van der Waals surface area contributed by atoms with Crippen LogP contribution in [0.25, 0.3) is 11.1 Å². The van der Waals surface area contributed by atoms with E-state index in [4.69, 9.17) is 5.73 Å². The number of pyridine rings is 1. The Bertz CT molecular complexity index is 784. The molecule has 5 heteroatoms. The number of hydrogen-bond acceptors (Lipinski definition) is 4. The predicted octanol–water partition coefficient (Wildman–Crippen LogP) is 1.69. The van der Waals surface area contributed by atoms with Crippen molar-refractivity contribution >= 4 is 23.2 Å². The molecule has 4 rings (SSSR count). The van der Waals surface area contributed by atoms with Crippen molar-refractivity contribution in [2.24, 2.45) is 0 Å². The zero-order valence-electron chi connectivity index (χ0n) is 11.3. The van der Waals surface area contributed by atoms with Gasteiger partial charge in [0.05, 0.1) is 12.1 Å². The van der Waals surface area contributed by atoms with Gasteiger partial charge in [-0.05, 0) is 24.1 Å². The van der Waals surface area contributed by atoms with E-state index in [0.717, 1.165) is 27.9 Å². The van der Waals surface area contributed by atoms with Gasteiger partial charge in [0.2, 0.25) is 11.8 Å². The fourth-order valence-electron chi connectivity index (χ4n) is 3.19. The average molecular weight is 279 g/mol. The number of nitrogen functional groups attached to an aromatic ring is 1. The lowest BCUT2D eigenvalue weighted by molar-refractivity contribution is -0.125. The van der Waals surface area contributed by atoms with Crippen molar-refractivity contribution in [3.8, 4) is 11.1 Å². The Morgan fingerprint density at radius 3 is 2.81 bits per heavy atom. The Hall–Kier alpha value is -2.69. The van der Waals surface area contributed by atoms with Crippen LogP contribution in [0.2, 0.25) is 0 Å². The Kier molecular flexibility index (Phi) is 2.39. The van der Waals surface area contributed by atoms with Crippen LogP contribution in [-0.2, 0) is 22.4 Å². The van der Waals surface area contributed by atoms with Crippen molar-refractivity contribution in [2.75, 3.05) is 10.6 Å². The van der Waals surface area contributed by atoms with Gasteiger partial charge in [0.15, 0.2) is 0 Å². The Morgan fingerprint density at radius 1 is 1.19 bits per heavy atom. The third kappa shape index (κ3) is 1.60. The maximum absolute atomic E-state index is 12.1. The first-order valence-corrected chi connectivity index (χ1v) is 6.87. The summed E-state index contributed by atoms with van der Waals surface area (Å²) in [7, 11) is 0. The number of benzene rings is 1. The number of carbonyl (C=O) groups is 2. The summed E-state index contributed by atoms with van der Waals surface area (Å²) in [6.07, 6.45) is 4.69. The van der Waals surface area contributed by atoms with Gasteiger partial charge in [0.1, 0.15) is 0 Å². The smallest absolute Gasteiger partial charge is 0.238 e. The molecule has 2 aromatic rings. The first kappa shape index (κ1) is 12.1. The number of nitrogens with two attached hydrogens (primary N) is 1. The maximum Gasteiger partial charge on any atom is 0.238 e. The van der Waals surface area contributed by atoms with Crippen LogP contribution in [0.1, 0.15) is 17.5 Å². The summed E-state index contributed by atoms with van der Waals surface area (Å²) in [6.45, 7) is 0. The molecule has 0 saturated heterocycles. The van der Waals surface area contributed by atoms with Crippen LogP contribution in [0.15, 0.2) is 30.6 Å². The standard InChI is InChI=1S/C16H13N3O2/c17-15-11(10-2-1-5-18-8-10)6-9-3-4-13(20)19-14(21)7-12(15)16(9)19/h1-2,5-6,8H,3-4,7,17H2. The zero-order valence-corrected chi connectivity index (χ0v) is 11.3. The molecule has 0 spiro atoms. The second-order valence-electron chi connectivity index (χ2n) is 5.37. The van der Waals surface area contributed by atoms with Crippen molar-refractivity contribution in [3.63, 3.8) is 0 Å². The third-order valence-electron chi connectivity index (χ3n) is 4.16. The Balaban J connectivity index is 1.98. The largest absolute Gasteiger partial charge is 0.398 e. The molecule has 0 unspecified atom stereocenters. The van der Waals surface area contributed by atoms with E-state index >= 15 is 0 Å². The molecular formula is C16H13N3O2. The van der Waals surface area contributed by atoms with E-state index in [1.54, 1.807) is 12.4 Å². The van der Waals surface area contributed by atoms with Gasteiger partial charge in [-0.25, -0.2) is 4.90 Å². The minimum absolute atomic E-state index is 0.125. The highest BCUT2D eigenvalue weighted by Crippen LogP contribution is 2.44. The van der Waals surface area contributed by atoms with Crippen molar-refractivity contribution in [1.29, 1.82) is 0 Å². The number of nitrogens with zero attached hydrogens (tertiary/aromatic N) is 2. The summed E-state index contributed by atoms with van der Waals surface area (Å²) in [5, 5.41) is 0. The minimum Gasteiger partial charge on any atom is -0.398 e. The number of rotatable bonds is 1. The first-order chi connectivity index (χ1) is 10.2. The molecule has 1 aromatic heterocycles.